The fourth-order valence-corrected chi connectivity index (χ4v) is 5.89. The maximum atomic E-state index is 13.4. The molecule has 0 radical (unpaired) electrons. The van der Waals surface area contributed by atoms with E-state index in [1.54, 1.807) is 33.7 Å². The molecule has 2 heterocycles. The molecule has 36 heavy (non-hydrogen) atoms. The van der Waals surface area contributed by atoms with E-state index in [4.69, 9.17) is 10.5 Å². The minimum Gasteiger partial charge on any atom is -0.469 e. The van der Waals surface area contributed by atoms with Crippen LogP contribution in [0.1, 0.15) is 59.9 Å². The number of ketones is 1. The maximum absolute atomic E-state index is 13.4. The van der Waals surface area contributed by atoms with Crippen LogP contribution in [0.3, 0.4) is 0 Å². The van der Waals surface area contributed by atoms with E-state index >= 15 is 0 Å². The normalized spacial score (nSPS) is 17.6. The number of primary amides is 1. The van der Waals surface area contributed by atoms with Crippen molar-refractivity contribution in [3.63, 3.8) is 0 Å². The molecule has 0 saturated heterocycles. The summed E-state index contributed by atoms with van der Waals surface area (Å²) in [6.07, 6.45) is 3.46. The van der Waals surface area contributed by atoms with E-state index in [0.717, 1.165) is 35.9 Å². The number of nitrogens with zero attached hydrogens (tertiary/aromatic N) is 2. The average molecular weight is 510 g/mol. The summed E-state index contributed by atoms with van der Waals surface area (Å²) in [7, 11) is 1.41. The van der Waals surface area contributed by atoms with Crippen LogP contribution < -0.4 is 10.6 Å². The van der Waals surface area contributed by atoms with Crippen LogP contribution in [0, 0.1) is 11.8 Å². The Morgan fingerprint density at radius 2 is 1.86 bits per heavy atom. The summed E-state index contributed by atoms with van der Waals surface area (Å²) in [6.45, 7) is 2.27. The molecule has 2 aromatic heterocycles. The molecule has 8 nitrogen and oxygen atoms in total. The number of Topliss-reactive ketones (excluding diaryl/α,β-unsaturated/α-hetero) is 1. The van der Waals surface area contributed by atoms with Crippen molar-refractivity contribution in [1.82, 2.24) is 4.57 Å². The molecular formula is C27H31N3O5S. The van der Waals surface area contributed by atoms with Crippen LogP contribution in [0.5, 0.6) is 0 Å². The van der Waals surface area contributed by atoms with Crippen LogP contribution in [0.25, 0.3) is 10.2 Å². The van der Waals surface area contributed by atoms with Crippen LogP contribution in [-0.4, -0.2) is 41.8 Å². The third-order valence-corrected chi connectivity index (χ3v) is 7.87. The van der Waals surface area contributed by atoms with Gasteiger partial charge in [-0.15, -0.1) is 11.3 Å². The topological polar surface area (TPSA) is 112 Å². The van der Waals surface area contributed by atoms with Crippen molar-refractivity contribution in [3.05, 3.63) is 53.0 Å². The molecular weight excluding hydrogens is 478 g/mol. The van der Waals surface area contributed by atoms with Crippen molar-refractivity contribution in [3.8, 4) is 0 Å². The molecule has 3 aromatic rings. The van der Waals surface area contributed by atoms with Crippen LogP contribution >= 0.6 is 11.3 Å². The van der Waals surface area contributed by atoms with Gasteiger partial charge in [0.05, 0.1) is 28.9 Å². The SMILES string of the molecule is CCN(C(=O)Cn1c(C(=O)CC2CCC(C(=O)OC)CC2)cc2sccc21)c1cccc(C(N)=O)c1. The first-order valence-corrected chi connectivity index (χ1v) is 13.1. The number of carbonyl (C=O) groups is 4. The number of rotatable bonds is 9. The van der Waals surface area contributed by atoms with Crippen LogP contribution in [0.2, 0.25) is 0 Å². The Labute approximate surface area is 214 Å². The minimum atomic E-state index is -0.556. The second kappa shape index (κ2) is 11.1. The lowest BCUT2D eigenvalue weighted by Gasteiger charge is -2.26. The highest BCUT2D eigenvalue weighted by molar-refractivity contribution is 7.17. The van der Waals surface area contributed by atoms with Gasteiger partial charge in [0, 0.05) is 24.2 Å². The molecule has 2 N–H and O–H groups in total. The molecule has 0 aliphatic heterocycles. The van der Waals surface area contributed by atoms with Gasteiger partial charge in [-0.1, -0.05) is 6.07 Å². The molecule has 1 fully saturated rings. The van der Waals surface area contributed by atoms with Gasteiger partial charge in [-0.3, -0.25) is 19.2 Å². The number of carbonyl (C=O) groups excluding carboxylic acids is 4. The number of aromatic nitrogens is 1. The van der Waals surface area contributed by atoms with E-state index < -0.39 is 5.91 Å². The molecule has 4 rings (SSSR count). The number of amides is 2. The van der Waals surface area contributed by atoms with E-state index in [9.17, 15) is 19.2 Å². The largest absolute Gasteiger partial charge is 0.469 e. The van der Waals surface area contributed by atoms with Gasteiger partial charge in [-0.25, -0.2) is 0 Å². The zero-order valence-corrected chi connectivity index (χ0v) is 21.4. The van der Waals surface area contributed by atoms with Crippen LogP contribution in [0.15, 0.2) is 41.8 Å². The van der Waals surface area contributed by atoms with E-state index in [0.29, 0.717) is 29.9 Å². The van der Waals surface area contributed by atoms with Gasteiger partial charge in [0.25, 0.3) is 0 Å². The zero-order valence-electron chi connectivity index (χ0n) is 20.6. The standard InChI is InChI=1S/C27H31N3O5S/c1-3-29(20-6-4-5-19(14-20)26(28)33)25(32)16-30-21-11-12-36-24(21)15-22(30)23(31)13-17-7-9-18(10-8-17)27(34)35-2/h4-6,11-12,14-15,17-18H,3,7-10,13,16H2,1-2H3,(H2,28,33). The van der Waals surface area contributed by atoms with Crippen LogP contribution in [-0.2, 0) is 20.9 Å². The minimum absolute atomic E-state index is 0.00499. The van der Waals surface area contributed by atoms with Gasteiger partial charge < -0.3 is 19.9 Å². The monoisotopic (exact) mass is 509 g/mol. The predicted molar refractivity (Wildman–Crippen MR) is 139 cm³/mol. The maximum Gasteiger partial charge on any atom is 0.308 e. The van der Waals surface area contributed by atoms with Crippen molar-refractivity contribution in [1.29, 1.82) is 0 Å². The van der Waals surface area contributed by atoms with E-state index in [1.807, 2.05) is 24.4 Å². The molecule has 190 valence electrons. The van der Waals surface area contributed by atoms with Crippen molar-refractivity contribution in [2.75, 3.05) is 18.6 Å². The number of ether oxygens (including phenoxy) is 1. The number of fused-ring (bicyclic) bond motifs is 1. The third kappa shape index (κ3) is 5.36. The van der Waals surface area contributed by atoms with Crippen molar-refractivity contribution >= 4 is 50.8 Å². The fraction of sp³-hybridized carbons (Fsp3) is 0.407. The summed E-state index contributed by atoms with van der Waals surface area (Å²) in [5, 5.41) is 1.95. The lowest BCUT2D eigenvalue weighted by atomic mass is 9.79. The highest BCUT2D eigenvalue weighted by atomic mass is 32.1. The Kier molecular flexibility index (Phi) is 7.88. The summed E-state index contributed by atoms with van der Waals surface area (Å²) in [5.41, 5.74) is 7.72. The predicted octanol–water partition coefficient (Wildman–Crippen LogP) is 4.41. The molecule has 0 atom stereocenters. The van der Waals surface area contributed by atoms with Crippen LogP contribution in [0.4, 0.5) is 5.69 Å². The summed E-state index contributed by atoms with van der Waals surface area (Å²) in [6, 6.07) is 10.5. The van der Waals surface area contributed by atoms with Gasteiger partial charge in [0.1, 0.15) is 6.54 Å². The van der Waals surface area contributed by atoms with E-state index in [1.165, 1.54) is 18.4 Å². The number of likely N-dealkylation sites (N-methyl/N-ethyl adjacent to an activating group) is 1. The molecule has 1 aliphatic carbocycles. The Balaban J connectivity index is 1.52. The number of nitrogens with two attached hydrogens (primary N) is 1. The number of methoxy groups -OCH3 is 1. The van der Waals surface area contributed by atoms with Crippen molar-refractivity contribution < 1.29 is 23.9 Å². The Bertz CT molecular complexity index is 1290. The lowest BCUT2D eigenvalue weighted by molar-refractivity contribution is -0.146. The molecule has 0 spiro atoms. The first-order valence-electron chi connectivity index (χ1n) is 12.2. The molecule has 2 amide bonds. The molecule has 9 heteroatoms. The van der Waals surface area contributed by atoms with Gasteiger partial charge >= 0.3 is 5.97 Å². The number of hydrogen-bond donors (Lipinski definition) is 1. The highest BCUT2D eigenvalue weighted by Crippen LogP contribution is 2.33. The molecule has 1 aliphatic rings. The first kappa shape index (κ1) is 25.6. The quantitative estimate of drug-likeness (QED) is 0.339. The van der Waals surface area contributed by atoms with Gasteiger partial charge in [-0.05, 0) is 74.2 Å². The fourth-order valence-electron chi connectivity index (χ4n) is 5.06. The summed E-state index contributed by atoms with van der Waals surface area (Å²) in [5.74, 6) is -0.782. The van der Waals surface area contributed by atoms with Crippen molar-refractivity contribution in [2.45, 2.75) is 45.6 Å². The number of benzene rings is 1. The zero-order chi connectivity index (χ0) is 25.8. The summed E-state index contributed by atoms with van der Waals surface area (Å²) >= 11 is 1.53. The molecule has 1 saturated carbocycles. The first-order chi connectivity index (χ1) is 17.3. The number of esters is 1. The van der Waals surface area contributed by atoms with Gasteiger partial charge in [-0.2, -0.15) is 0 Å². The van der Waals surface area contributed by atoms with E-state index in [2.05, 4.69) is 0 Å². The summed E-state index contributed by atoms with van der Waals surface area (Å²) in [4.78, 5) is 51.8. The number of hydrogen-bond acceptors (Lipinski definition) is 6. The molecule has 0 unspecified atom stereocenters. The Morgan fingerprint density at radius 1 is 1.11 bits per heavy atom. The average Bonchev–Trinajstić information content (AvgIpc) is 3.47. The molecule has 0 bridgehead atoms. The van der Waals surface area contributed by atoms with E-state index in [-0.39, 0.29) is 36.0 Å². The summed E-state index contributed by atoms with van der Waals surface area (Å²) < 4.78 is 7.63. The van der Waals surface area contributed by atoms with Gasteiger partial charge in [0.15, 0.2) is 5.78 Å². The van der Waals surface area contributed by atoms with Crippen molar-refractivity contribution in [2.24, 2.45) is 17.6 Å². The lowest BCUT2D eigenvalue weighted by Crippen LogP contribution is -2.34. The number of anilines is 1. The second-order valence-corrected chi connectivity index (χ2v) is 10.2. The molecule has 1 aromatic carbocycles. The third-order valence-electron chi connectivity index (χ3n) is 7.02. The number of thiophene rings is 1. The highest BCUT2D eigenvalue weighted by Gasteiger charge is 2.29. The Hall–Kier alpha value is -3.46. The smallest absolute Gasteiger partial charge is 0.308 e. The second-order valence-electron chi connectivity index (χ2n) is 9.21. The van der Waals surface area contributed by atoms with Gasteiger partial charge in [0.2, 0.25) is 11.8 Å². The Morgan fingerprint density at radius 3 is 2.53 bits per heavy atom.